The molecule has 1 atom stereocenters. The second-order valence-corrected chi connectivity index (χ2v) is 6.16. The molecule has 1 saturated heterocycles. The van der Waals surface area contributed by atoms with Crippen molar-refractivity contribution in [2.24, 2.45) is 0 Å². The first-order valence-electron chi connectivity index (χ1n) is 8.41. The van der Waals surface area contributed by atoms with Crippen LogP contribution in [0.5, 0.6) is 0 Å². The minimum absolute atomic E-state index is 0.0512. The van der Waals surface area contributed by atoms with Gasteiger partial charge in [0.1, 0.15) is 5.82 Å². The van der Waals surface area contributed by atoms with E-state index in [0.717, 1.165) is 45.1 Å². The summed E-state index contributed by atoms with van der Waals surface area (Å²) in [5.74, 6) is 0.923. The fourth-order valence-electron chi connectivity index (χ4n) is 2.94. The molecule has 0 saturated carbocycles. The molecule has 0 amide bonds. The summed E-state index contributed by atoms with van der Waals surface area (Å²) < 4.78 is 1.75. The van der Waals surface area contributed by atoms with Crippen molar-refractivity contribution in [1.82, 2.24) is 14.5 Å². The zero-order valence-corrected chi connectivity index (χ0v) is 14.0. The largest absolute Gasteiger partial charge is 0.387 e. The van der Waals surface area contributed by atoms with Crippen LogP contribution >= 0.6 is 0 Å². The molecule has 128 valence electrons. The van der Waals surface area contributed by atoms with Crippen LogP contribution in [0, 0.1) is 0 Å². The lowest BCUT2D eigenvalue weighted by Crippen LogP contribution is -2.47. The molecular weight excluding hydrogens is 304 g/mol. The molecule has 1 fully saturated rings. The van der Waals surface area contributed by atoms with E-state index in [1.807, 2.05) is 30.5 Å². The van der Waals surface area contributed by atoms with Crippen LogP contribution in [0.2, 0.25) is 0 Å². The van der Waals surface area contributed by atoms with Gasteiger partial charge in [0.05, 0.1) is 11.8 Å². The van der Waals surface area contributed by atoms with E-state index in [4.69, 9.17) is 0 Å². The highest BCUT2D eigenvalue weighted by Gasteiger charge is 2.18. The number of rotatable bonds is 5. The maximum absolute atomic E-state index is 11.7. The smallest absolute Gasteiger partial charge is 0.250 e. The van der Waals surface area contributed by atoms with Gasteiger partial charge in [0, 0.05) is 51.5 Å². The summed E-state index contributed by atoms with van der Waals surface area (Å²) in [5, 5.41) is 9.67. The normalized spacial score (nSPS) is 17.0. The van der Waals surface area contributed by atoms with Gasteiger partial charge in [0.2, 0.25) is 0 Å². The van der Waals surface area contributed by atoms with Gasteiger partial charge in [-0.05, 0) is 25.1 Å². The Morgan fingerprint density at radius 1 is 1.08 bits per heavy atom. The minimum Gasteiger partial charge on any atom is -0.387 e. The van der Waals surface area contributed by atoms with Gasteiger partial charge in [0.25, 0.3) is 5.56 Å². The van der Waals surface area contributed by atoms with Crippen LogP contribution in [0.1, 0.15) is 18.7 Å². The molecule has 3 heterocycles. The molecule has 0 spiro atoms. The molecule has 0 bridgehead atoms. The predicted octanol–water partition coefficient (Wildman–Crippen LogP) is 1.12. The topological polar surface area (TPSA) is 61.6 Å². The maximum Gasteiger partial charge on any atom is 0.250 e. The highest BCUT2D eigenvalue weighted by Crippen LogP contribution is 2.17. The van der Waals surface area contributed by atoms with Gasteiger partial charge in [-0.2, -0.15) is 0 Å². The number of hydrogen-bond acceptors (Lipinski definition) is 5. The van der Waals surface area contributed by atoms with Gasteiger partial charge >= 0.3 is 0 Å². The first-order valence-corrected chi connectivity index (χ1v) is 8.41. The van der Waals surface area contributed by atoms with Crippen molar-refractivity contribution < 1.29 is 5.11 Å². The molecule has 0 aliphatic carbocycles. The number of piperazine rings is 1. The number of aliphatic hydroxyl groups is 1. The summed E-state index contributed by atoms with van der Waals surface area (Å²) in [4.78, 5) is 20.9. The number of nitrogens with zero attached hydrogens (tertiary/aromatic N) is 4. The number of aromatic nitrogens is 2. The van der Waals surface area contributed by atoms with Gasteiger partial charge in [0.15, 0.2) is 0 Å². The van der Waals surface area contributed by atoms with E-state index < -0.39 is 6.10 Å². The summed E-state index contributed by atoms with van der Waals surface area (Å²) in [7, 11) is 0. The van der Waals surface area contributed by atoms with Gasteiger partial charge in [-0.25, -0.2) is 4.98 Å². The first-order chi connectivity index (χ1) is 11.6. The van der Waals surface area contributed by atoms with Gasteiger partial charge in [-0.1, -0.05) is 12.1 Å². The summed E-state index contributed by atoms with van der Waals surface area (Å²) in [6.45, 7) is 7.02. The minimum atomic E-state index is -0.546. The highest BCUT2D eigenvalue weighted by molar-refractivity contribution is 5.40. The molecule has 2 aromatic heterocycles. The second-order valence-electron chi connectivity index (χ2n) is 6.16. The Bertz CT molecular complexity index is 721. The van der Waals surface area contributed by atoms with Crippen molar-refractivity contribution in [2.45, 2.75) is 19.6 Å². The number of aliphatic hydroxyl groups excluding tert-OH is 1. The maximum atomic E-state index is 11.7. The molecule has 2 aromatic rings. The Kier molecular flexibility index (Phi) is 5.27. The third-order valence-corrected chi connectivity index (χ3v) is 4.44. The van der Waals surface area contributed by atoms with E-state index in [0.29, 0.717) is 5.69 Å². The lowest BCUT2D eigenvalue weighted by molar-refractivity contribution is 0.194. The quantitative estimate of drug-likeness (QED) is 0.891. The Morgan fingerprint density at radius 3 is 2.58 bits per heavy atom. The highest BCUT2D eigenvalue weighted by atomic mass is 16.3. The van der Waals surface area contributed by atoms with E-state index in [2.05, 4.69) is 14.8 Å². The van der Waals surface area contributed by atoms with Crippen LogP contribution in [0.3, 0.4) is 0 Å². The van der Waals surface area contributed by atoms with Crippen molar-refractivity contribution in [3.05, 3.63) is 58.6 Å². The van der Waals surface area contributed by atoms with Crippen LogP contribution in [0.25, 0.3) is 0 Å². The van der Waals surface area contributed by atoms with Crippen molar-refractivity contribution >= 4 is 5.82 Å². The molecule has 1 aliphatic heterocycles. The third kappa shape index (κ3) is 4.01. The molecule has 0 aromatic carbocycles. The van der Waals surface area contributed by atoms with Gasteiger partial charge in [-0.15, -0.1) is 0 Å². The van der Waals surface area contributed by atoms with E-state index in [1.165, 1.54) is 0 Å². The van der Waals surface area contributed by atoms with Crippen molar-refractivity contribution in [2.75, 3.05) is 37.6 Å². The Labute approximate surface area is 142 Å². The molecule has 6 heteroatoms. The van der Waals surface area contributed by atoms with Crippen LogP contribution in [-0.2, 0) is 6.54 Å². The second kappa shape index (κ2) is 7.59. The Balaban J connectivity index is 1.53. The standard InChI is InChI=1S/C18H24N4O2/c1-15(23)16-5-4-6-17(19-16)21-12-9-20(10-13-21)11-14-22-8-3-2-7-18(22)24/h2-8,15,23H,9-14H2,1H3. The summed E-state index contributed by atoms with van der Waals surface area (Å²) in [6.07, 6.45) is 1.29. The summed E-state index contributed by atoms with van der Waals surface area (Å²) in [6, 6.07) is 11.0. The first kappa shape index (κ1) is 16.7. The third-order valence-electron chi connectivity index (χ3n) is 4.44. The predicted molar refractivity (Wildman–Crippen MR) is 94.2 cm³/mol. The Hall–Kier alpha value is -2.18. The monoisotopic (exact) mass is 328 g/mol. The van der Waals surface area contributed by atoms with Crippen LogP contribution in [0.4, 0.5) is 5.82 Å². The van der Waals surface area contributed by atoms with Crippen LogP contribution in [0.15, 0.2) is 47.4 Å². The summed E-state index contributed by atoms with van der Waals surface area (Å²) in [5.41, 5.74) is 0.758. The molecule has 0 radical (unpaired) electrons. The SMILES string of the molecule is CC(O)c1cccc(N2CCN(CCn3ccccc3=O)CC2)n1. The molecule has 1 unspecified atom stereocenters. The van der Waals surface area contributed by atoms with E-state index in [9.17, 15) is 9.90 Å². The fourth-order valence-corrected chi connectivity index (χ4v) is 2.94. The van der Waals surface area contributed by atoms with E-state index >= 15 is 0 Å². The van der Waals surface area contributed by atoms with Crippen LogP contribution < -0.4 is 10.5 Å². The molecule has 3 rings (SSSR count). The fraction of sp³-hybridized carbons (Fsp3) is 0.444. The molecule has 6 nitrogen and oxygen atoms in total. The van der Waals surface area contributed by atoms with Crippen molar-refractivity contribution in [1.29, 1.82) is 0 Å². The van der Waals surface area contributed by atoms with E-state index in [1.54, 1.807) is 23.6 Å². The Morgan fingerprint density at radius 2 is 1.88 bits per heavy atom. The molecular formula is C18H24N4O2. The van der Waals surface area contributed by atoms with Crippen molar-refractivity contribution in [3.8, 4) is 0 Å². The van der Waals surface area contributed by atoms with Crippen molar-refractivity contribution in [3.63, 3.8) is 0 Å². The zero-order chi connectivity index (χ0) is 16.9. The lowest BCUT2D eigenvalue weighted by Gasteiger charge is -2.35. The number of pyridine rings is 2. The van der Waals surface area contributed by atoms with Gasteiger partial charge in [-0.3, -0.25) is 9.69 Å². The molecule has 1 N–H and O–H groups in total. The lowest BCUT2D eigenvalue weighted by atomic mass is 10.2. The molecule has 24 heavy (non-hydrogen) atoms. The van der Waals surface area contributed by atoms with E-state index in [-0.39, 0.29) is 5.56 Å². The number of hydrogen-bond donors (Lipinski definition) is 1. The molecule has 1 aliphatic rings. The average Bonchev–Trinajstić information content (AvgIpc) is 2.61. The van der Waals surface area contributed by atoms with Crippen LogP contribution in [-0.4, -0.2) is 52.3 Å². The zero-order valence-electron chi connectivity index (χ0n) is 14.0. The average molecular weight is 328 g/mol. The number of anilines is 1. The summed E-state index contributed by atoms with van der Waals surface area (Å²) >= 11 is 0. The van der Waals surface area contributed by atoms with Gasteiger partial charge < -0.3 is 14.6 Å².